The lowest BCUT2D eigenvalue weighted by molar-refractivity contribution is -0.122. The predicted molar refractivity (Wildman–Crippen MR) is 119 cm³/mol. The molecule has 0 aromatic heterocycles. The Balaban J connectivity index is 1.55. The van der Waals surface area contributed by atoms with Crippen molar-refractivity contribution in [3.8, 4) is 0 Å². The minimum atomic E-state index is -3.52. The summed E-state index contributed by atoms with van der Waals surface area (Å²) in [7, 11) is -3.52. The van der Waals surface area contributed by atoms with Gasteiger partial charge < -0.3 is 5.32 Å². The summed E-state index contributed by atoms with van der Waals surface area (Å²) >= 11 is 5.92. The molecule has 1 atom stereocenters. The van der Waals surface area contributed by atoms with E-state index in [9.17, 15) is 13.2 Å². The van der Waals surface area contributed by atoms with Crippen LogP contribution < -0.4 is 5.32 Å². The van der Waals surface area contributed by atoms with E-state index in [1.165, 1.54) is 4.31 Å². The fourth-order valence-corrected chi connectivity index (χ4v) is 5.13. The predicted octanol–water partition coefficient (Wildman–Crippen LogP) is 3.22. The van der Waals surface area contributed by atoms with Crippen LogP contribution in [0, 0.1) is 6.92 Å². The van der Waals surface area contributed by atoms with E-state index >= 15 is 0 Å². The van der Waals surface area contributed by atoms with E-state index in [-0.39, 0.29) is 18.5 Å². The first kappa shape index (κ1) is 22.7. The number of aryl methyl sites for hydroxylation is 1. The maximum Gasteiger partial charge on any atom is 0.243 e. The zero-order chi connectivity index (χ0) is 21.7. The Bertz CT molecular complexity index is 962. The molecule has 1 saturated heterocycles. The number of nitrogens with one attached hydrogen (secondary N) is 1. The Kier molecular flexibility index (Phi) is 7.52. The van der Waals surface area contributed by atoms with Crippen LogP contribution in [-0.2, 0) is 14.8 Å². The van der Waals surface area contributed by atoms with Gasteiger partial charge in [-0.2, -0.15) is 4.31 Å². The highest BCUT2D eigenvalue weighted by atomic mass is 35.5. The highest BCUT2D eigenvalue weighted by Gasteiger charge is 2.27. The molecule has 0 aliphatic carbocycles. The second kappa shape index (κ2) is 9.92. The minimum Gasteiger partial charge on any atom is -0.348 e. The minimum absolute atomic E-state index is 0.0766. The van der Waals surface area contributed by atoms with Crippen LogP contribution in [0.3, 0.4) is 0 Å². The van der Waals surface area contributed by atoms with Crippen LogP contribution >= 0.6 is 11.6 Å². The molecule has 162 valence electrons. The molecule has 2 aromatic carbocycles. The van der Waals surface area contributed by atoms with E-state index in [2.05, 4.69) is 5.32 Å². The number of rotatable bonds is 6. The van der Waals surface area contributed by atoms with E-state index in [0.717, 1.165) is 11.1 Å². The standard InChI is InChI=1S/C22H28ClN3O3S/c1-17-4-10-21(11-5-17)30(28,29)26-13-3-12-25(14-15-26)16-22(27)24-18(2)19-6-8-20(23)9-7-19/h4-11,18H,3,12-16H2,1-2H3,(H,24,27)/t18-/m1/s1. The highest BCUT2D eigenvalue weighted by Crippen LogP contribution is 2.19. The van der Waals surface area contributed by atoms with Gasteiger partial charge >= 0.3 is 0 Å². The van der Waals surface area contributed by atoms with Gasteiger partial charge in [-0.05, 0) is 56.6 Å². The number of halogens is 1. The van der Waals surface area contributed by atoms with E-state index in [4.69, 9.17) is 11.6 Å². The van der Waals surface area contributed by atoms with E-state index in [0.29, 0.717) is 42.5 Å². The van der Waals surface area contributed by atoms with Gasteiger partial charge in [-0.1, -0.05) is 41.4 Å². The van der Waals surface area contributed by atoms with Gasteiger partial charge in [0.2, 0.25) is 15.9 Å². The van der Waals surface area contributed by atoms with Crippen LogP contribution in [0.15, 0.2) is 53.4 Å². The number of carbonyl (C=O) groups excluding carboxylic acids is 1. The third kappa shape index (κ3) is 5.82. The third-order valence-corrected chi connectivity index (χ3v) is 7.49. The normalized spacial score (nSPS) is 17.3. The summed E-state index contributed by atoms with van der Waals surface area (Å²) in [6, 6.07) is 14.2. The third-order valence-electron chi connectivity index (χ3n) is 5.32. The highest BCUT2D eigenvalue weighted by molar-refractivity contribution is 7.89. The zero-order valence-corrected chi connectivity index (χ0v) is 18.9. The van der Waals surface area contributed by atoms with Crippen molar-refractivity contribution in [3.05, 3.63) is 64.7 Å². The summed E-state index contributed by atoms with van der Waals surface area (Å²) in [6.07, 6.45) is 0.686. The number of carbonyl (C=O) groups is 1. The van der Waals surface area contributed by atoms with Gasteiger partial charge in [0.25, 0.3) is 0 Å². The molecule has 1 heterocycles. The smallest absolute Gasteiger partial charge is 0.243 e. The lowest BCUT2D eigenvalue weighted by Gasteiger charge is -2.22. The van der Waals surface area contributed by atoms with Crippen molar-refractivity contribution in [2.45, 2.75) is 31.2 Å². The first-order valence-corrected chi connectivity index (χ1v) is 11.9. The molecule has 1 fully saturated rings. The van der Waals surface area contributed by atoms with Gasteiger partial charge in [0.1, 0.15) is 0 Å². The van der Waals surface area contributed by atoms with Crippen molar-refractivity contribution in [1.29, 1.82) is 0 Å². The van der Waals surface area contributed by atoms with Gasteiger partial charge in [0, 0.05) is 24.7 Å². The molecule has 30 heavy (non-hydrogen) atoms. The SMILES string of the molecule is Cc1ccc(S(=O)(=O)N2CCCN(CC(=O)N[C@H](C)c3ccc(Cl)cc3)CC2)cc1. The van der Waals surface area contributed by atoms with Crippen molar-refractivity contribution in [2.75, 3.05) is 32.7 Å². The molecule has 8 heteroatoms. The summed E-state index contributed by atoms with van der Waals surface area (Å²) in [5.41, 5.74) is 2.01. The fraction of sp³-hybridized carbons (Fsp3) is 0.409. The average Bonchev–Trinajstić information content (AvgIpc) is 2.94. The first-order chi connectivity index (χ1) is 14.3. The number of benzene rings is 2. The molecular weight excluding hydrogens is 422 g/mol. The molecule has 0 radical (unpaired) electrons. The topological polar surface area (TPSA) is 69.7 Å². The van der Waals surface area contributed by atoms with Gasteiger partial charge in [-0.25, -0.2) is 8.42 Å². The summed E-state index contributed by atoms with van der Waals surface area (Å²) in [5, 5.41) is 3.66. The fourth-order valence-electron chi connectivity index (χ4n) is 3.53. The Morgan fingerprint density at radius 2 is 1.70 bits per heavy atom. The number of hydrogen-bond acceptors (Lipinski definition) is 4. The van der Waals surface area contributed by atoms with Gasteiger partial charge in [0.05, 0.1) is 17.5 Å². The Morgan fingerprint density at radius 3 is 2.37 bits per heavy atom. The molecule has 0 bridgehead atoms. The molecule has 1 N–H and O–H groups in total. The molecule has 1 aliphatic rings. The average molecular weight is 450 g/mol. The van der Waals surface area contributed by atoms with Crippen molar-refractivity contribution in [3.63, 3.8) is 0 Å². The van der Waals surface area contributed by atoms with Crippen molar-refractivity contribution >= 4 is 27.5 Å². The summed E-state index contributed by atoms with van der Waals surface area (Å²) < 4.78 is 27.4. The Hall–Kier alpha value is -1.93. The van der Waals surface area contributed by atoms with Crippen LogP contribution in [0.4, 0.5) is 0 Å². The lowest BCUT2D eigenvalue weighted by Crippen LogP contribution is -2.40. The molecule has 0 saturated carbocycles. The van der Waals surface area contributed by atoms with Gasteiger partial charge in [0.15, 0.2) is 0 Å². The molecule has 1 amide bonds. The van der Waals surface area contributed by atoms with Crippen LogP contribution in [0.2, 0.25) is 5.02 Å². The van der Waals surface area contributed by atoms with Gasteiger partial charge in [-0.15, -0.1) is 0 Å². The summed E-state index contributed by atoms with van der Waals surface area (Å²) in [5.74, 6) is -0.0766. The molecule has 0 spiro atoms. The summed E-state index contributed by atoms with van der Waals surface area (Å²) in [6.45, 7) is 6.14. The quantitative estimate of drug-likeness (QED) is 0.735. The molecule has 6 nitrogen and oxygen atoms in total. The van der Waals surface area contributed by atoms with Crippen LogP contribution in [0.25, 0.3) is 0 Å². The monoisotopic (exact) mass is 449 g/mol. The molecule has 0 unspecified atom stereocenters. The zero-order valence-electron chi connectivity index (χ0n) is 17.3. The van der Waals surface area contributed by atoms with E-state index in [1.807, 2.05) is 43.0 Å². The van der Waals surface area contributed by atoms with Crippen molar-refractivity contribution < 1.29 is 13.2 Å². The molecule has 2 aromatic rings. The maximum atomic E-state index is 12.9. The second-order valence-electron chi connectivity index (χ2n) is 7.69. The van der Waals surface area contributed by atoms with Crippen LogP contribution in [-0.4, -0.2) is 56.3 Å². The van der Waals surface area contributed by atoms with Crippen LogP contribution in [0.5, 0.6) is 0 Å². The number of amides is 1. The number of hydrogen-bond donors (Lipinski definition) is 1. The lowest BCUT2D eigenvalue weighted by atomic mass is 10.1. The van der Waals surface area contributed by atoms with Gasteiger partial charge in [-0.3, -0.25) is 9.69 Å². The molecular formula is C22H28ClN3O3S. The number of sulfonamides is 1. The molecule has 3 rings (SSSR count). The van der Waals surface area contributed by atoms with E-state index in [1.54, 1.807) is 24.3 Å². The van der Waals surface area contributed by atoms with Crippen molar-refractivity contribution in [1.82, 2.24) is 14.5 Å². The van der Waals surface area contributed by atoms with Crippen molar-refractivity contribution in [2.24, 2.45) is 0 Å². The summed E-state index contributed by atoms with van der Waals surface area (Å²) in [4.78, 5) is 14.8. The maximum absolute atomic E-state index is 12.9. The number of nitrogens with zero attached hydrogens (tertiary/aromatic N) is 2. The Morgan fingerprint density at radius 1 is 1.03 bits per heavy atom. The first-order valence-electron chi connectivity index (χ1n) is 10.1. The Labute approximate surface area is 183 Å². The van der Waals surface area contributed by atoms with Crippen LogP contribution in [0.1, 0.15) is 30.5 Å². The molecule has 1 aliphatic heterocycles. The largest absolute Gasteiger partial charge is 0.348 e. The van der Waals surface area contributed by atoms with E-state index < -0.39 is 10.0 Å². The second-order valence-corrected chi connectivity index (χ2v) is 10.1.